The number of carboxylic acids is 1. The van der Waals surface area contributed by atoms with Crippen molar-refractivity contribution >= 4 is 11.9 Å². The molecule has 0 aromatic heterocycles. The Morgan fingerprint density at radius 1 is 1.38 bits per heavy atom. The van der Waals surface area contributed by atoms with E-state index in [1.165, 1.54) is 6.08 Å². The summed E-state index contributed by atoms with van der Waals surface area (Å²) >= 11 is 0. The summed E-state index contributed by atoms with van der Waals surface area (Å²) in [5.74, 6) is -1.10. The number of rotatable bonds is 10. The molecule has 1 aliphatic rings. The molecule has 142 valence electrons. The Hall–Kier alpha value is -0.0236. The van der Waals surface area contributed by atoms with Crippen molar-refractivity contribution in [2.75, 3.05) is 6.54 Å². The fourth-order valence-electron chi connectivity index (χ4n) is 2.93. The van der Waals surface area contributed by atoms with Crippen LogP contribution in [0.2, 0.25) is 0 Å². The Balaban J connectivity index is 0.00000625. The normalized spacial score (nSPS) is 22.5. The summed E-state index contributed by atoms with van der Waals surface area (Å²) in [6.07, 6.45) is 4.17. The van der Waals surface area contributed by atoms with Gasteiger partial charge in [-0.2, -0.15) is 0 Å². The first-order chi connectivity index (χ1) is 11.8. The van der Waals surface area contributed by atoms with Crippen molar-refractivity contribution in [3.63, 3.8) is 0 Å². The van der Waals surface area contributed by atoms with E-state index >= 15 is 0 Å². The van der Waals surface area contributed by atoms with Gasteiger partial charge in [-0.3, -0.25) is 4.79 Å². The maximum atomic E-state index is 11.9. The van der Waals surface area contributed by atoms with Crippen molar-refractivity contribution in [3.8, 4) is 0 Å². The Kier molecular flexibility index (Phi) is 13.2. The second-order valence-electron chi connectivity index (χ2n) is 6.87. The van der Waals surface area contributed by atoms with Gasteiger partial charge in [0.25, 0.3) is 0 Å². The van der Waals surface area contributed by atoms with E-state index in [1.807, 2.05) is 13.8 Å². The van der Waals surface area contributed by atoms with Gasteiger partial charge in [-0.05, 0) is 49.5 Å². The largest absolute Gasteiger partial charge is 1.00 e. The van der Waals surface area contributed by atoms with Gasteiger partial charge < -0.3 is 25.3 Å². The molecule has 0 saturated heterocycles. The van der Waals surface area contributed by atoms with Crippen LogP contribution in [0.15, 0.2) is 24.3 Å². The van der Waals surface area contributed by atoms with Crippen LogP contribution in [-0.4, -0.2) is 42.7 Å². The van der Waals surface area contributed by atoms with E-state index in [-0.39, 0.29) is 87.5 Å². The molecule has 0 heterocycles. The predicted octanol–water partition coefficient (Wildman–Crippen LogP) is -2.07. The third-order valence-electron chi connectivity index (χ3n) is 4.40. The molecule has 6 nitrogen and oxygen atoms in total. The number of hydrogen-bond acceptors (Lipinski definition) is 5. The Morgan fingerprint density at radius 3 is 2.46 bits per heavy atom. The predicted molar refractivity (Wildman–Crippen MR) is 95.7 cm³/mol. The van der Waals surface area contributed by atoms with Crippen molar-refractivity contribution in [1.29, 1.82) is 0 Å². The molecular formula is C19H31KN2O4. The molecule has 0 saturated carbocycles. The van der Waals surface area contributed by atoms with Crippen LogP contribution in [0.4, 0.5) is 0 Å². The minimum Gasteiger partial charge on any atom is -0.545 e. The Bertz CT molecular complexity index is 504. The average Bonchev–Trinajstić information content (AvgIpc) is 2.58. The van der Waals surface area contributed by atoms with Gasteiger partial charge in [-0.15, -0.1) is 0 Å². The first-order valence-electron chi connectivity index (χ1n) is 9.06. The first kappa shape index (κ1) is 26.0. The topological polar surface area (TPSA) is 90.5 Å². The van der Waals surface area contributed by atoms with Crippen LogP contribution >= 0.6 is 0 Å². The average molecular weight is 391 g/mol. The molecule has 0 spiro atoms. The molecule has 0 radical (unpaired) electrons. The molecule has 1 rings (SSSR count). The van der Waals surface area contributed by atoms with E-state index in [2.05, 4.69) is 31.1 Å². The number of carboxylic acid groups (broad SMARTS) is 1. The maximum Gasteiger partial charge on any atom is 1.00 e. The molecule has 1 aliphatic carbocycles. The third kappa shape index (κ3) is 8.33. The number of nitrogens with one attached hydrogen (secondary N) is 2. The molecule has 0 unspecified atom stereocenters. The minimum atomic E-state index is -1.19. The number of amides is 1. The fraction of sp³-hybridized carbons (Fsp3) is 0.684. The van der Waals surface area contributed by atoms with Crippen LogP contribution in [0.3, 0.4) is 0 Å². The SMILES string of the molecule is C=CC(=O)N[C@@H]1[C@@H](NCC(C)C)CC(C(=O)[O-])=C[C@H]1OC(CC)CC.[K+]. The summed E-state index contributed by atoms with van der Waals surface area (Å²) in [5, 5.41) is 17.7. The molecule has 0 bridgehead atoms. The van der Waals surface area contributed by atoms with Gasteiger partial charge in [0.1, 0.15) is 0 Å². The van der Waals surface area contributed by atoms with Gasteiger partial charge >= 0.3 is 51.4 Å². The number of ether oxygens (including phenoxy) is 1. The molecule has 7 heteroatoms. The van der Waals surface area contributed by atoms with Gasteiger partial charge in [0.15, 0.2) is 0 Å². The van der Waals surface area contributed by atoms with Crippen molar-refractivity contribution in [2.45, 2.75) is 71.2 Å². The zero-order valence-corrected chi connectivity index (χ0v) is 19.8. The molecule has 0 aliphatic heterocycles. The molecular weight excluding hydrogens is 359 g/mol. The van der Waals surface area contributed by atoms with Crippen LogP contribution < -0.4 is 67.1 Å². The van der Waals surface area contributed by atoms with Crippen LogP contribution in [-0.2, 0) is 14.3 Å². The third-order valence-corrected chi connectivity index (χ3v) is 4.40. The molecule has 26 heavy (non-hydrogen) atoms. The van der Waals surface area contributed by atoms with Gasteiger partial charge in [0.05, 0.1) is 24.2 Å². The van der Waals surface area contributed by atoms with Gasteiger partial charge in [-0.1, -0.05) is 34.3 Å². The minimum absolute atomic E-state index is 0. The summed E-state index contributed by atoms with van der Waals surface area (Å²) in [7, 11) is 0. The molecule has 0 fully saturated rings. The molecule has 0 aromatic rings. The van der Waals surface area contributed by atoms with Crippen molar-refractivity contribution in [3.05, 3.63) is 24.3 Å². The molecule has 2 N–H and O–H groups in total. The standard InChI is InChI=1S/C19H32N2O4.K/c1-6-14(7-2)25-16-10-13(19(23)24)9-15(20-11-12(4)5)18(16)21-17(22)8-3;/h8,10,12,14-16,18,20H,3,6-7,9,11H2,1-2,4-5H3,(H,21,22)(H,23,24);/q;+1/p-1/t15-,16+,18+;/m0./s1. The van der Waals surface area contributed by atoms with E-state index in [4.69, 9.17) is 4.74 Å². The quantitative estimate of drug-likeness (QED) is 0.330. The maximum absolute atomic E-state index is 11.9. The van der Waals surface area contributed by atoms with Crippen molar-refractivity contribution < 1.29 is 70.8 Å². The van der Waals surface area contributed by atoms with E-state index < -0.39 is 12.1 Å². The number of carbonyl (C=O) groups excluding carboxylic acids is 2. The van der Waals surface area contributed by atoms with Crippen molar-refractivity contribution in [1.82, 2.24) is 10.6 Å². The van der Waals surface area contributed by atoms with Crippen LogP contribution in [0.25, 0.3) is 0 Å². The van der Waals surface area contributed by atoms with Crippen molar-refractivity contribution in [2.24, 2.45) is 5.92 Å². The fourth-order valence-corrected chi connectivity index (χ4v) is 2.93. The van der Waals surface area contributed by atoms with Gasteiger partial charge in [0, 0.05) is 6.04 Å². The second-order valence-corrected chi connectivity index (χ2v) is 6.87. The molecule has 3 atom stereocenters. The second kappa shape index (κ2) is 13.2. The van der Waals surface area contributed by atoms with Crippen LogP contribution in [0, 0.1) is 5.92 Å². The van der Waals surface area contributed by atoms with E-state index in [1.54, 1.807) is 6.08 Å². The van der Waals surface area contributed by atoms with E-state index in [9.17, 15) is 14.7 Å². The zero-order valence-electron chi connectivity index (χ0n) is 16.7. The first-order valence-corrected chi connectivity index (χ1v) is 9.06. The summed E-state index contributed by atoms with van der Waals surface area (Å²) in [5.41, 5.74) is 0.210. The summed E-state index contributed by atoms with van der Waals surface area (Å²) in [6.45, 7) is 12.4. The molecule has 0 aromatic carbocycles. The Labute approximate surface area is 199 Å². The van der Waals surface area contributed by atoms with Gasteiger partial charge in [0.2, 0.25) is 5.91 Å². The summed E-state index contributed by atoms with van der Waals surface area (Å²) in [6, 6.07) is -0.614. The van der Waals surface area contributed by atoms with Crippen LogP contribution in [0.5, 0.6) is 0 Å². The monoisotopic (exact) mass is 390 g/mol. The number of aliphatic carboxylic acids is 1. The number of carbonyl (C=O) groups is 2. The van der Waals surface area contributed by atoms with Crippen LogP contribution in [0.1, 0.15) is 47.0 Å². The summed E-state index contributed by atoms with van der Waals surface area (Å²) in [4.78, 5) is 23.3. The smallest absolute Gasteiger partial charge is 0.545 e. The van der Waals surface area contributed by atoms with E-state index in [0.29, 0.717) is 12.5 Å². The summed E-state index contributed by atoms with van der Waals surface area (Å²) < 4.78 is 6.11. The zero-order chi connectivity index (χ0) is 19.0. The number of hydrogen-bond donors (Lipinski definition) is 2. The Morgan fingerprint density at radius 2 is 2.00 bits per heavy atom. The molecule has 1 amide bonds. The van der Waals surface area contributed by atoms with E-state index in [0.717, 1.165) is 12.8 Å². The van der Waals surface area contributed by atoms with Gasteiger partial charge in [-0.25, -0.2) is 0 Å².